The van der Waals surface area contributed by atoms with Crippen LogP contribution in [0.3, 0.4) is 0 Å². The van der Waals surface area contributed by atoms with E-state index in [2.05, 4.69) is 5.32 Å². The number of benzene rings is 1. The Morgan fingerprint density at radius 2 is 2.07 bits per heavy atom. The van der Waals surface area contributed by atoms with Crippen molar-refractivity contribution in [3.63, 3.8) is 0 Å². The van der Waals surface area contributed by atoms with E-state index in [-0.39, 0.29) is 25.2 Å². The largest absolute Gasteiger partial charge is 0.497 e. The number of ether oxygens (including phenoxy) is 5. The minimum absolute atomic E-state index is 0.106. The number of methoxy groups -OCH3 is 2. The molecule has 0 aliphatic carbocycles. The van der Waals surface area contributed by atoms with Gasteiger partial charge < -0.3 is 49.2 Å². The zero-order valence-corrected chi connectivity index (χ0v) is 16.5. The van der Waals surface area contributed by atoms with Crippen molar-refractivity contribution in [2.24, 2.45) is 0 Å². The van der Waals surface area contributed by atoms with Gasteiger partial charge in [-0.3, -0.25) is 4.79 Å². The number of hydrogen-bond acceptors (Lipinski definition) is 10. The van der Waals surface area contributed by atoms with Crippen molar-refractivity contribution < 1.29 is 43.8 Å². The first kappa shape index (κ1) is 20.7. The Labute approximate surface area is 172 Å². The van der Waals surface area contributed by atoms with Gasteiger partial charge >= 0.3 is 0 Å². The van der Waals surface area contributed by atoms with E-state index in [4.69, 9.17) is 23.7 Å². The predicted molar refractivity (Wildman–Crippen MR) is 99.2 cm³/mol. The van der Waals surface area contributed by atoms with Crippen molar-refractivity contribution in [1.82, 2.24) is 10.2 Å². The topological polar surface area (TPSA) is 139 Å². The number of aliphatic hydroxyl groups is 3. The summed E-state index contributed by atoms with van der Waals surface area (Å²) in [7, 11) is 3.03. The van der Waals surface area contributed by atoms with Crippen LogP contribution in [-0.4, -0.2) is 78.0 Å². The third kappa shape index (κ3) is 3.66. The number of carbonyl (C=O) groups excluding carboxylic acids is 1. The van der Waals surface area contributed by atoms with Crippen molar-refractivity contribution in [2.45, 2.75) is 44.1 Å². The highest BCUT2D eigenvalue weighted by atomic mass is 16.7. The Kier molecular flexibility index (Phi) is 5.71. The predicted octanol–water partition coefficient (Wildman–Crippen LogP) is -1.00. The van der Waals surface area contributed by atoms with Gasteiger partial charge in [-0.15, -0.1) is 0 Å². The van der Waals surface area contributed by atoms with Gasteiger partial charge in [0.1, 0.15) is 23.7 Å². The summed E-state index contributed by atoms with van der Waals surface area (Å²) in [5, 5.41) is 31.9. The van der Waals surface area contributed by atoms with Crippen LogP contribution in [0.2, 0.25) is 0 Å². The van der Waals surface area contributed by atoms with Crippen LogP contribution in [0.4, 0.5) is 0 Å². The minimum Gasteiger partial charge on any atom is -0.497 e. The maximum Gasteiger partial charge on any atom is 0.258 e. The molecule has 4 N–H and O–H groups in total. The van der Waals surface area contributed by atoms with E-state index >= 15 is 0 Å². The van der Waals surface area contributed by atoms with Gasteiger partial charge in [0, 0.05) is 24.3 Å². The number of carbonyl (C=O) groups is 1. The minimum atomic E-state index is -1.37. The van der Waals surface area contributed by atoms with Gasteiger partial charge in [-0.2, -0.15) is 0 Å². The van der Waals surface area contributed by atoms with Crippen LogP contribution in [-0.2, 0) is 20.9 Å². The Hall–Kier alpha value is -2.57. The molecule has 1 amide bonds. The van der Waals surface area contributed by atoms with E-state index in [1.54, 1.807) is 12.1 Å². The fraction of sp³-hybridized carbons (Fsp3) is 0.526. The van der Waals surface area contributed by atoms with E-state index in [0.29, 0.717) is 22.8 Å². The lowest BCUT2D eigenvalue weighted by Crippen LogP contribution is -2.55. The van der Waals surface area contributed by atoms with E-state index in [1.807, 2.05) is 0 Å². The summed E-state index contributed by atoms with van der Waals surface area (Å²) in [5.41, 5.74) is 0.804. The molecule has 0 bridgehead atoms. The van der Waals surface area contributed by atoms with Crippen LogP contribution in [0.1, 0.15) is 12.0 Å². The van der Waals surface area contributed by atoms with Crippen molar-refractivity contribution in [3.05, 3.63) is 29.5 Å². The number of fused-ring (bicyclic) bond motifs is 1. The molecule has 0 spiro atoms. The molecule has 1 saturated heterocycles. The summed E-state index contributed by atoms with van der Waals surface area (Å²) >= 11 is 0. The molecule has 0 saturated carbocycles. The Bertz CT molecular complexity index is 828. The number of amides is 1. The lowest BCUT2D eigenvalue weighted by molar-refractivity contribution is -0.151. The molecule has 30 heavy (non-hydrogen) atoms. The second kappa shape index (κ2) is 8.28. The molecule has 1 aromatic carbocycles. The van der Waals surface area contributed by atoms with Crippen molar-refractivity contribution in [1.29, 1.82) is 0 Å². The zero-order chi connectivity index (χ0) is 21.4. The van der Waals surface area contributed by atoms with E-state index in [1.165, 1.54) is 25.3 Å². The molecule has 3 unspecified atom stereocenters. The van der Waals surface area contributed by atoms with Crippen LogP contribution in [0.5, 0.6) is 17.2 Å². The molecule has 11 heteroatoms. The number of aliphatic hydroxyl groups excluding tert-OH is 3. The molecule has 1 aromatic rings. The maximum atomic E-state index is 12.5. The summed E-state index contributed by atoms with van der Waals surface area (Å²) in [6.07, 6.45) is -3.32. The normalized spacial score (nSPS) is 30.8. The van der Waals surface area contributed by atoms with Crippen LogP contribution in [0, 0.1) is 0 Å². The van der Waals surface area contributed by atoms with E-state index < -0.39 is 37.0 Å². The molecule has 1 fully saturated rings. The van der Waals surface area contributed by atoms with Crippen LogP contribution >= 0.6 is 0 Å². The summed E-state index contributed by atoms with van der Waals surface area (Å²) in [6.45, 7) is -0.217. The second-order valence-corrected chi connectivity index (χ2v) is 7.07. The molecule has 164 valence electrons. The van der Waals surface area contributed by atoms with Gasteiger partial charge in [-0.25, -0.2) is 0 Å². The highest BCUT2D eigenvalue weighted by Gasteiger charge is 2.42. The fourth-order valence-corrected chi connectivity index (χ4v) is 3.64. The maximum absolute atomic E-state index is 12.5. The van der Waals surface area contributed by atoms with Crippen molar-refractivity contribution in [3.8, 4) is 17.2 Å². The Morgan fingerprint density at radius 3 is 2.73 bits per heavy atom. The van der Waals surface area contributed by atoms with E-state index in [9.17, 15) is 20.1 Å². The van der Waals surface area contributed by atoms with Gasteiger partial charge in [-0.1, -0.05) is 0 Å². The molecule has 3 aliphatic heterocycles. The summed E-state index contributed by atoms with van der Waals surface area (Å²) in [5.74, 6) is 0.862. The molecule has 5 atom stereocenters. The molecular weight excluding hydrogens is 400 g/mol. The Morgan fingerprint density at radius 1 is 1.27 bits per heavy atom. The van der Waals surface area contributed by atoms with Crippen molar-refractivity contribution >= 4 is 5.91 Å². The standard InChI is InChI=1S/C19H24N2O9/c1-26-10-3-9-8-28-18(30-16(9)13(4-10)27-2)11-6-21(19(25)20-17(11)24)15-5-12(23)14(7-22)29-15/h3-4,6,12,14-15,18-19,22-23,25H,5,7-8H2,1-2H3,(H,20,24)/t12?,14-,15-,18?,19?/m1/s1. The number of hydrogen-bond donors (Lipinski definition) is 4. The number of nitrogens with zero attached hydrogens (tertiary/aromatic N) is 1. The number of rotatable bonds is 5. The Balaban J connectivity index is 1.59. The third-order valence-corrected chi connectivity index (χ3v) is 5.24. The first-order valence-corrected chi connectivity index (χ1v) is 9.40. The lowest BCUT2D eigenvalue weighted by atomic mass is 10.1. The van der Waals surface area contributed by atoms with Gasteiger partial charge in [0.2, 0.25) is 12.6 Å². The van der Waals surface area contributed by atoms with Crippen LogP contribution in [0.25, 0.3) is 0 Å². The highest BCUT2D eigenvalue weighted by Crippen LogP contribution is 2.40. The van der Waals surface area contributed by atoms with Crippen molar-refractivity contribution in [2.75, 3.05) is 20.8 Å². The quantitative estimate of drug-likeness (QED) is 0.465. The first-order chi connectivity index (χ1) is 14.4. The molecular formula is C19H24N2O9. The molecule has 3 aliphatic rings. The summed E-state index contributed by atoms with van der Waals surface area (Å²) in [4.78, 5) is 13.8. The monoisotopic (exact) mass is 424 g/mol. The van der Waals surface area contributed by atoms with E-state index in [0.717, 1.165) is 0 Å². The lowest BCUT2D eigenvalue weighted by Gasteiger charge is -2.38. The average Bonchev–Trinajstić information content (AvgIpc) is 3.13. The highest BCUT2D eigenvalue weighted by molar-refractivity contribution is 5.95. The molecule has 0 radical (unpaired) electrons. The smallest absolute Gasteiger partial charge is 0.258 e. The average molecular weight is 424 g/mol. The van der Waals surface area contributed by atoms with Gasteiger partial charge in [0.15, 0.2) is 11.5 Å². The summed E-state index contributed by atoms with van der Waals surface area (Å²) < 4.78 is 27.8. The van der Waals surface area contributed by atoms with Crippen LogP contribution in [0.15, 0.2) is 23.9 Å². The van der Waals surface area contributed by atoms with Crippen LogP contribution < -0.4 is 19.5 Å². The second-order valence-electron chi connectivity index (χ2n) is 7.07. The molecule has 0 aromatic heterocycles. The SMILES string of the molecule is COc1cc2c(c(OC)c1)OC(C1=CN([C@H]3CC(O)[C@@H](CO)O3)C(O)NC1=O)OC2. The van der Waals surface area contributed by atoms with Gasteiger partial charge in [-0.05, 0) is 6.07 Å². The van der Waals surface area contributed by atoms with Gasteiger partial charge in [0.25, 0.3) is 5.91 Å². The third-order valence-electron chi connectivity index (χ3n) is 5.24. The zero-order valence-electron chi connectivity index (χ0n) is 16.5. The fourth-order valence-electron chi connectivity index (χ4n) is 3.64. The summed E-state index contributed by atoms with van der Waals surface area (Å²) in [6, 6.07) is 3.41. The molecule has 3 heterocycles. The van der Waals surface area contributed by atoms with Gasteiger partial charge in [0.05, 0.1) is 33.5 Å². The first-order valence-electron chi connectivity index (χ1n) is 9.40. The number of nitrogens with one attached hydrogen (secondary N) is 1. The molecule has 11 nitrogen and oxygen atoms in total. The molecule has 4 rings (SSSR count).